The van der Waals surface area contributed by atoms with E-state index < -0.39 is 0 Å². The second-order valence-electron chi connectivity index (χ2n) is 5.42. The Morgan fingerprint density at radius 1 is 1.40 bits per heavy atom. The Balaban J connectivity index is 1.73. The molecule has 110 valence electrons. The molecule has 1 heterocycles. The summed E-state index contributed by atoms with van der Waals surface area (Å²) < 4.78 is 5.57. The zero-order chi connectivity index (χ0) is 14.4. The second kappa shape index (κ2) is 7.17. The smallest absolute Gasteiger partial charge is 0.226 e. The van der Waals surface area contributed by atoms with Gasteiger partial charge in [-0.1, -0.05) is 13.3 Å². The predicted octanol–water partition coefficient (Wildman–Crippen LogP) is 2.69. The van der Waals surface area contributed by atoms with Crippen molar-refractivity contribution >= 4 is 11.6 Å². The highest BCUT2D eigenvalue weighted by Gasteiger charge is 2.22. The lowest BCUT2D eigenvalue weighted by molar-refractivity contribution is -0.133. The van der Waals surface area contributed by atoms with Crippen molar-refractivity contribution in [2.75, 3.05) is 25.4 Å². The van der Waals surface area contributed by atoms with E-state index in [1.165, 1.54) is 6.42 Å². The van der Waals surface area contributed by atoms with E-state index in [-0.39, 0.29) is 5.91 Å². The fourth-order valence-electron chi connectivity index (χ4n) is 2.60. The molecule has 0 radical (unpaired) electrons. The number of ether oxygens (including phenoxy) is 1. The molecular weight excluding hydrogens is 252 g/mol. The highest BCUT2D eigenvalue weighted by atomic mass is 16.5. The zero-order valence-corrected chi connectivity index (χ0v) is 12.2. The van der Waals surface area contributed by atoms with E-state index in [1.807, 2.05) is 17.0 Å². The molecular formula is C16H24N2O2. The molecule has 1 aliphatic rings. The van der Waals surface area contributed by atoms with Crippen LogP contribution in [-0.4, -0.2) is 30.5 Å². The fraction of sp³-hybridized carbons (Fsp3) is 0.562. The number of hydrogen-bond acceptors (Lipinski definition) is 3. The summed E-state index contributed by atoms with van der Waals surface area (Å²) >= 11 is 0. The van der Waals surface area contributed by atoms with Gasteiger partial charge in [0.2, 0.25) is 5.91 Å². The first-order chi connectivity index (χ1) is 9.69. The Kier molecular flexibility index (Phi) is 5.27. The molecule has 1 aliphatic heterocycles. The van der Waals surface area contributed by atoms with Crippen molar-refractivity contribution in [2.24, 2.45) is 5.92 Å². The average molecular weight is 276 g/mol. The van der Waals surface area contributed by atoms with Crippen molar-refractivity contribution in [3.8, 4) is 5.75 Å². The van der Waals surface area contributed by atoms with Gasteiger partial charge in [-0.05, 0) is 43.0 Å². The van der Waals surface area contributed by atoms with Gasteiger partial charge in [0, 0.05) is 18.8 Å². The first-order valence-electron chi connectivity index (χ1n) is 7.45. The van der Waals surface area contributed by atoms with Crippen LogP contribution in [0.5, 0.6) is 5.75 Å². The van der Waals surface area contributed by atoms with Crippen LogP contribution in [0.25, 0.3) is 0 Å². The van der Waals surface area contributed by atoms with Crippen LogP contribution in [0, 0.1) is 5.92 Å². The zero-order valence-electron chi connectivity index (χ0n) is 12.2. The largest absolute Gasteiger partial charge is 0.493 e. The van der Waals surface area contributed by atoms with Crippen LogP contribution in [-0.2, 0) is 4.79 Å². The van der Waals surface area contributed by atoms with Gasteiger partial charge in [-0.25, -0.2) is 0 Å². The summed E-state index contributed by atoms with van der Waals surface area (Å²) in [5.74, 6) is 1.64. The van der Waals surface area contributed by atoms with Gasteiger partial charge < -0.3 is 15.4 Å². The Morgan fingerprint density at radius 3 is 2.85 bits per heavy atom. The number of hydrogen-bond donors (Lipinski definition) is 1. The fourth-order valence-corrected chi connectivity index (χ4v) is 2.60. The van der Waals surface area contributed by atoms with E-state index >= 15 is 0 Å². The van der Waals surface area contributed by atoms with Crippen LogP contribution < -0.4 is 10.5 Å². The van der Waals surface area contributed by atoms with Gasteiger partial charge in [-0.3, -0.25) is 4.79 Å². The molecule has 0 aromatic heterocycles. The molecule has 4 nitrogen and oxygen atoms in total. The first-order valence-corrected chi connectivity index (χ1v) is 7.45. The van der Waals surface area contributed by atoms with Crippen LogP contribution in [0.3, 0.4) is 0 Å². The van der Waals surface area contributed by atoms with Crippen LogP contribution in [0.15, 0.2) is 24.3 Å². The molecule has 4 heteroatoms. The second-order valence-corrected chi connectivity index (χ2v) is 5.42. The maximum atomic E-state index is 12.1. The van der Waals surface area contributed by atoms with E-state index in [9.17, 15) is 4.79 Å². The molecule has 2 rings (SSSR count). The molecule has 1 saturated heterocycles. The summed E-state index contributed by atoms with van der Waals surface area (Å²) in [6.45, 7) is 4.44. The number of nitrogens with two attached hydrogens (primary N) is 1. The summed E-state index contributed by atoms with van der Waals surface area (Å²) in [7, 11) is 0. The topological polar surface area (TPSA) is 55.6 Å². The number of carbonyl (C=O) groups is 1. The molecule has 1 aromatic rings. The highest BCUT2D eigenvalue weighted by molar-refractivity contribution is 5.76. The summed E-state index contributed by atoms with van der Waals surface area (Å²) in [5.41, 5.74) is 6.33. The SMILES string of the molecule is CCC1CCCN(C(=O)CCOc2ccc(N)cc2)C1. The molecule has 0 spiro atoms. The van der Waals surface area contributed by atoms with Crippen molar-refractivity contribution in [3.05, 3.63) is 24.3 Å². The number of likely N-dealkylation sites (tertiary alicyclic amines) is 1. The van der Waals surface area contributed by atoms with Crippen LogP contribution in [0.2, 0.25) is 0 Å². The lowest BCUT2D eigenvalue weighted by atomic mass is 9.95. The maximum absolute atomic E-state index is 12.1. The molecule has 0 aliphatic carbocycles. The minimum atomic E-state index is 0.207. The van der Waals surface area contributed by atoms with Crippen molar-refractivity contribution in [1.29, 1.82) is 0 Å². The predicted molar refractivity (Wildman–Crippen MR) is 80.6 cm³/mol. The minimum absolute atomic E-state index is 0.207. The number of amides is 1. The number of nitrogen functional groups attached to an aromatic ring is 1. The summed E-state index contributed by atoms with van der Waals surface area (Å²) in [6.07, 6.45) is 3.98. The van der Waals surface area contributed by atoms with Gasteiger partial charge in [0.05, 0.1) is 13.0 Å². The molecule has 1 aromatic carbocycles. The lowest BCUT2D eigenvalue weighted by Gasteiger charge is -2.32. The van der Waals surface area contributed by atoms with Crippen LogP contribution >= 0.6 is 0 Å². The number of benzene rings is 1. The van der Waals surface area contributed by atoms with Gasteiger partial charge in [-0.2, -0.15) is 0 Å². The van der Waals surface area contributed by atoms with Gasteiger partial charge in [0.1, 0.15) is 5.75 Å². The Morgan fingerprint density at radius 2 is 2.15 bits per heavy atom. The van der Waals surface area contributed by atoms with Crippen molar-refractivity contribution in [3.63, 3.8) is 0 Å². The Bertz CT molecular complexity index is 431. The number of piperidine rings is 1. The highest BCUT2D eigenvalue weighted by Crippen LogP contribution is 2.20. The number of rotatable bonds is 5. The molecule has 20 heavy (non-hydrogen) atoms. The molecule has 0 saturated carbocycles. The summed E-state index contributed by atoms with van der Waals surface area (Å²) in [4.78, 5) is 14.1. The molecule has 1 atom stereocenters. The van der Waals surface area contributed by atoms with Gasteiger partial charge in [0.15, 0.2) is 0 Å². The van der Waals surface area contributed by atoms with Gasteiger partial charge in [-0.15, -0.1) is 0 Å². The monoisotopic (exact) mass is 276 g/mol. The van der Waals surface area contributed by atoms with Crippen LogP contribution in [0.1, 0.15) is 32.6 Å². The molecule has 1 amide bonds. The standard InChI is InChI=1S/C16H24N2O2/c1-2-13-4-3-10-18(12-13)16(19)9-11-20-15-7-5-14(17)6-8-15/h5-8,13H,2-4,9-12,17H2,1H3. The third-order valence-corrected chi connectivity index (χ3v) is 3.91. The maximum Gasteiger partial charge on any atom is 0.226 e. The lowest BCUT2D eigenvalue weighted by Crippen LogP contribution is -2.40. The minimum Gasteiger partial charge on any atom is -0.493 e. The Labute approximate surface area is 120 Å². The van der Waals surface area contributed by atoms with Crippen molar-refractivity contribution in [2.45, 2.75) is 32.6 Å². The van der Waals surface area contributed by atoms with Crippen LogP contribution in [0.4, 0.5) is 5.69 Å². The third-order valence-electron chi connectivity index (χ3n) is 3.91. The van der Waals surface area contributed by atoms with Gasteiger partial charge >= 0.3 is 0 Å². The summed E-state index contributed by atoms with van der Waals surface area (Å²) in [6, 6.07) is 7.25. The van der Waals surface area contributed by atoms with E-state index in [2.05, 4.69) is 6.92 Å². The van der Waals surface area contributed by atoms with Crippen molar-refractivity contribution in [1.82, 2.24) is 4.90 Å². The normalized spacial score (nSPS) is 18.9. The van der Waals surface area contributed by atoms with Crippen molar-refractivity contribution < 1.29 is 9.53 Å². The molecule has 1 fully saturated rings. The Hall–Kier alpha value is -1.71. The molecule has 1 unspecified atom stereocenters. The molecule has 2 N–H and O–H groups in total. The third kappa shape index (κ3) is 4.15. The van der Waals surface area contributed by atoms with E-state index in [4.69, 9.17) is 10.5 Å². The van der Waals surface area contributed by atoms with E-state index in [0.29, 0.717) is 24.6 Å². The average Bonchev–Trinajstić information content (AvgIpc) is 2.49. The molecule has 0 bridgehead atoms. The van der Waals surface area contributed by atoms with E-state index in [0.717, 1.165) is 31.7 Å². The van der Waals surface area contributed by atoms with Gasteiger partial charge in [0.25, 0.3) is 0 Å². The number of carbonyl (C=O) groups excluding carboxylic acids is 1. The number of anilines is 1. The summed E-state index contributed by atoms with van der Waals surface area (Å²) in [5, 5.41) is 0. The number of nitrogens with zero attached hydrogens (tertiary/aromatic N) is 1. The van der Waals surface area contributed by atoms with E-state index in [1.54, 1.807) is 12.1 Å². The first kappa shape index (κ1) is 14.7. The quantitative estimate of drug-likeness (QED) is 0.841.